The van der Waals surface area contributed by atoms with Crippen molar-refractivity contribution >= 4 is 23.7 Å². The van der Waals surface area contributed by atoms with E-state index in [1.54, 1.807) is 12.1 Å². The maximum absolute atomic E-state index is 12.9. The fourth-order valence-corrected chi connectivity index (χ4v) is 3.06. The molecule has 0 saturated carbocycles. The zero-order valence-electron chi connectivity index (χ0n) is 18.5. The molecule has 12 heteroatoms. The fourth-order valence-electron chi connectivity index (χ4n) is 3.06. The van der Waals surface area contributed by atoms with Gasteiger partial charge in [-0.1, -0.05) is 18.6 Å². The number of benzene rings is 1. The van der Waals surface area contributed by atoms with Crippen molar-refractivity contribution in [1.82, 2.24) is 16.0 Å². The molecule has 0 bridgehead atoms. The van der Waals surface area contributed by atoms with Gasteiger partial charge in [-0.15, -0.1) is 0 Å². The molecule has 0 spiro atoms. The molecule has 0 fully saturated rings. The Kier molecular flexibility index (Phi) is 12.3. The van der Waals surface area contributed by atoms with Gasteiger partial charge < -0.3 is 43.4 Å². The minimum absolute atomic E-state index is 0.00743. The second-order valence-corrected chi connectivity index (χ2v) is 7.70. The highest BCUT2D eigenvalue weighted by Gasteiger charge is 2.28. The van der Waals surface area contributed by atoms with Crippen molar-refractivity contribution in [2.24, 2.45) is 17.2 Å². The maximum Gasteiger partial charge on any atom is 0.326 e. The summed E-state index contributed by atoms with van der Waals surface area (Å²) in [7, 11) is 0. The van der Waals surface area contributed by atoms with E-state index in [-0.39, 0.29) is 24.6 Å². The fraction of sp³-hybridized carbons (Fsp3) is 0.524. The number of aromatic hydroxyl groups is 1. The molecule has 33 heavy (non-hydrogen) atoms. The van der Waals surface area contributed by atoms with Crippen molar-refractivity contribution in [3.8, 4) is 5.75 Å². The van der Waals surface area contributed by atoms with Gasteiger partial charge in [-0.3, -0.25) is 15.0 Å². The number of amides is 2. The molecule has 12 N–H and O–H groups in total. The summed E-state index contributed by atoms with van der Waals surface area (Å²) >= 11 is 0. The number of hydrogen-bond acceptors (Lipinski definition) is 7. The molecular weight excluding hydrogens is 430 g/mol. The molecule has 0 saturated heterocycles. The number of guanidine groups is 1. The van der Waals surface area contributed by atoms with Crippen LogP contribution in [0.3, 0.4) is 0 Å². The summed E-state index contributed by atoms with van der Waals surface area (Å²) in [6.07, 6.45) is 2.35. The highest BCUT2D eigenvalue weighted by atomic mass is 16.4. The van der Waals surface area contributed by atoms with Crippen LogP contribution in [0, 0.1) is 5.41 Å². The second kappa shape index (κ2) is 14.6. The van der Waals surface area contributed by atoms with Gasteiger partial charge in [0, 0.05) is 13.0 Å². The van der Waals surface area contributed by atoms with Crippen LogP contribution in [0.25, 0.3) is 0 Å². The standard InChI is InChI=1S/C21H35N7O5/c22-10-2-1-4-15(23)18(30)27-16(5-3-11-26-21(24)25)19(31)28-17(20(32)33)12-13-6-8-14(29)9-7-13/h6-9,15-17,29H,1-5,10-12,22-23H2,(H,27,30)(H,28,31)(H,32,33)(H4,24,25,26)/t15-,16-,17-/m0/s1. The van der Waals surface area contributed by atoms with Crippen LogP contribution in [0.1, 0.15) is 37.7 Å². The summed E-state index contributed by atoms with van der Waals surface area (Å²) in [4.78, 5) is 37.1. The minimum Gasteiger partial charge on any atom is -0.508 e. The number of nitrogens with two attached hydrogens (primary N) is 3. The Morgan fingerprint density at radius 3 is 2.18 bits per heavy atom. The first-order valence-corrected chi connectivity index (χ1v) is 10.8. The topological polar surface area (TPSA) is 230 Å². The van der Waals surface area contributed by atoms with Crippen LogP contribution < -0.4 is 33.2 Å². The van der Waals surface area contributed by atoms with Gasteiger partial charge in [-0.05, 0) is 49.9 Å². The average Bonchev–Trinajstić information content (AvgIpc) is 2.76. The molecule has 1 aromatic carbocycles. The van der Waals surface area contributed by atoms with E-state index < -0.39 is 35.9 Å². The summed E-state index contributed by atoms with van der Waals surface area (Å²) in [6, 6.07) is 2.88. The van der Waals surface area contributed by atoms with Gasteiger partial charge in [-0.25, -0.2) is 4.79 Å². The first-order valence-electron chi connectivity index (χ1n) is 10.8. The maximum atomic E-state index is 12.9. The summed E-state index contributed by atoms with van der Waals surface area (Å²) < 4.78 is 0. The SMILES string of the molecule is N=C(N)NCCC[C@H](NC(=O)[C@@H](N)CCCCN)C(=O)N[C@@H](Cc1ccc(O)cc1)C(=O)O. The molecule has 0 aromatic heterocycles. The van der Waals surface area contributed by atoms with E-state index in [4.69, 9.17) is 22.6 Å². The molecule has 0 aliphatic carbocycles. The third-order valence-corrected chi connectivity index (χ3v) is 4.91. The molecular formula is C21H35N7O5. The number of phenols is 1. The number of nitrogens with one attached hydrogen (secondary N) is 4. The number of aliphatic carboxylic acids is 1. The second-order valence-electron chi connectivity index (χ2n) is 7.70. The molecule has 0 aliphatic rings. The molecule has 0 radical (unpaired) electrons. The molecule has 0 aliphatic heterocycles. The largest absolute Gasteiger partial charge is 0.508 e. The van der Waals surface area contributed by atoms with E-state index in [9.17, 15) is 24.6 Å². The van der Waals surface area contributed by atoms with Crippen LogP contribution in [0.2, 0.25) is 0 Å². The monoisotopic (exact) mass is 465 g/mol. The Labute approximate surface area is 192 Å². The Morgan fingerprint density at radius 1 is 0.970 bits per heavy atom. The molecule has 3 atom stereocenters. The van der Waals surface area contributed by atoms with Crippen molar-refractivity contribution < 1.29 is 24.6 Å². The molecule has 0 heterocycles. The Bertz CT molecular complexity index is 788. The molecule has 184 valence electrons. The summed E-state index contributed by atoms with van der Waals surface area (Å²) in [5.74, 6) is -2.59. The smallest absolute Gasteiger partial charge is 0.326 e. The lowest BCUT2D eigenvalue weighted by Crippen LogP contribution is -2.55. The third-order valence-electron chi connectivity index (χ3n) is 4.91. The van der Waals surface area contributed by atoms with Crippen LogP contribution in [0.4, 0.5) is 0 Å². The van der Waals surface area contributed by atoms with Crippen LogP contribution in [-0.4, -0.2) is 65.2 Å². The number of carboxylic acid groups (broad SMARTS) is 1. The lowest BCUT2D eigenvalue weighted by molar-refractivity contribution is -0.142. The van der Waals surface area contributed by atoms with E-state index in [2.05, 4.69) is 16.0 Å². The van der Waals surface area contributed by atoms with E-state index in [0.717, 1.165) is 6.42 Å². The lowest BCUT2D eigenvalue weighted by Gasteiger charge is -2.23. The number of rotatable bonds is 15. The van der Waals surface area contributed by atoms with Crippen molar-refractivity contribution in [1.29, 1.82) is 5.41 Å². The average molecular weight is 466 g/mol. The molecule has 0 unspecified atom stereocenters. The Hall–Kier alpha value is -3.38. The molecule has 12 nitrogen and oxygen atoms in total. The zero-order valence-corrected chi connectivity index (χ0v) is 18.5. The predicted molar refractivity (Wildman–Crippen MR) is 123 cm³/mol. The van der Waals surface area contributed by atoms with Gasteiger partial charge in [0.15, 0.2) is 5.96 Å². The summed E-state index contributed by atoms with van der Waals surface area (Å²) in [5, 5.41) is 33.8. The Balaban J connectivity index is 2.83. The number of hydrogen-bond donors (Lipinski definition) is 9. The zero-order chi connectivity index (χ0) is 24.8. The lowest BCUT2D eigenvalue weighted by atomic mass is 10.0. The van der Waals surface area contributed by atoms with Crippen molar-refractivity contribution in [3.05, 3.63) is 29.8 Å². The van der Waals surface area contributed by atoms with Gasteiger partial charge >= 0.3 is 5.97 Å². The van der Waals surface area contributed by atoms with E-state index in [1.165, 1.54) is 12.1 Å². The molecule has 1 aromatic rings. The van der Waals surface area contributed by atoms with Crippen LogP contribution in [0.15, 0.2) is 24.3 Å². The van der Waals surface area contributed by atoms with Crippen molar-refractivity contribution in [2.45, 2.75) is 56.7 Å². The van der Waals surface area contributed by atoms with Crippen LogP contribution >= 0.6 is 0 Å². The number of unbranched alkanes of at least 4 members (excludes halogenated alkanes) is 1. The van der Waals surface area contributed by atoms with Gasteiger partial charge in [0.05, 0.1) is 6.04 Å². The van der Waals surface area contributed by atoms with Crippen molar-refractivity contribution in [3.63, 3.8) is 0 Å². The van der Waals surface area contributed by atoms with E-state index in [0.29, 0.717) is 37.9 Å². The quantitative estimate of drug-likeness (QED) is 0.0850. The van der Waals surface area contributed by atoms with Gasteiger partial charge in [0.25, 0.3) is 0 Å². The van der Waals surface area contributed by atoms with E-state index in [1.807, 2.05) is 0 Å². The first kappa shape index (κ1) is 27.7. The highest BCUT2D eigenvalue weighted by Crippen LogP contribution is 2.12. The number of phenolic OH excluding ortho intramolecular Hbond substituents is 1. The third kappa shape index (κ3) is 11.2. The van der Waals surface area contributed by atoms with Crippen molar-refractivity contribution in [2.75, 3.05) is 13.1 Å². The minimum atomic E-state index is -1.24. The summed E-state index contributed by atoms with van der Waals surface area (Å²) in [6.45, 7) is 0.785. The normalized spacial score (nSPS) is 13.4. The number of carbonyl (C=O) groups excluding carboxylic acids is 2. The van der Waals surface area contributed by atoms with Crippen LogP contribution in [0.5, 0.6) is 5.75 Å². The summed E-state index contributed by atoms with van der Waals surface area (Å²) in [5.41, 5.74) is 17.2. The number of carboxylic acids is 1. The van der Waals surface area contributed by atoms with E-state index >= 15 is 0 Å². The van der Waals surface area contributed by atoms with Gasteiger partial charge in [0.1, 0.15) is 17.8 Å². The van der Waals surface area contributed by atoms with Crippen LogP contribution in [-0.2, 0) is 20.8 Å². The van der Waals surface area contributed by atoms with Gasteiger partial charge in [-0.2, -0.15) is 0 Å². The Morgan fingerprint density at radius 2 is 1.61 bits per heavy atom. The van der Waals surface area contributed by atoms with Gasteiger partial charge in [0.2, 0.25) is 11.8 Å². The highest BCUT2D eigenvalue weighted by molar-refractivity contribution is 5.91. The predicted octanol–water partition coefficient (Wildman–Crippen LogP) is -1.29. The molecule has 1 rings (SSSR count). The number of carbonyl (C=O) groups is 3. The first-order chi connectivity index (χ1) is 15.6. The molecule has 2 amide bonds.